The van der Waals surface area contributed by atoms with Crippen molar-refractivity contribution in [3.05, 3.63) is 35.9 Å². The lowest BCUT2D eigenvalue weighted by Gasteiger charge is -2.19. The van der Waals surface area contributed by atoms with Gasteiger partial charge in [0.1, 0.15) is 6.04 Å². The summed E-state index contributed by atoms with van der Waals surface area (Å²) in [5.41, 5.74) is 6.41. The minimum Gasteiger partial charge on any atom is -0.480 e. The lowest BCUT2D eigenvalue weighted by Crippen LogP contribution is -2.43. The van der Waals surface area contributed by atoms with Crippen molar-refractivity contribution in [2.24, 2.45) is 5.73 Å². The number of benzene rings is 1. The second-order valence-corrected chi connectivity index (χ2v) is 3.43. The molecular formula is C11H16N2O2. The molecule has 0 fully saturated rings. The fraction of sp³-hybridized carbons (Fsp3) is 0.364. The lowest BCUT2D eigenvalue weighted by molar-refractivity contribution is -0.139. The Hall–Kier alpha value is -1.39. The van der Waals surface area contributed by atoms with Gasteiger partial charge in [0.15, 0.2) is 0 Å². The number of carboxylic acids is 1. The third-order valence-corrected chi connectivity index (χ3v) is 2.28. The van der Waals surface area contributed by atoms with E-state index in [4.69, 9.17) is 10.8 Å². The highest BCUT2D eigenvalue weighted by atomic mass is 16.4. The predicted molar refractivity (Wildman–Crippen MR) is 58.5 cm³/mol. The molecule has 4 nitrogen and oxygen atoms in total. The first kappa shape index (κ1) is 11.7. The summed E-state index contributed by atoms with van der Waals surface area (Å²) >= 11 is 0. The number of carboxylic acid groups (broad SMARTS) is 1. The van der Waals surface area contributed by atoms with Gasteiger partial charge in [0.05, 0.1) is 0 Å². The van der Waals surface area contributed by atoms with Gasteiger partial charge in [-0.1, -0.05) is 30.3 Å². The van der Waals surface area contributed by atoms with Gasteiger partial charge in [0.2, 0.25) is 0 Å². The number of aliphatic carboxylic acids is 1. The number of rotatable bonds is 5. The zero-order valence-corrected chi connectivity index (χ0v) is 8.68. The number of hydrogen-bond donors (Lipinski definition) is 3. The number of hydrogen-bond acceptors (Lipinski definition) is 3. The average molecular weight is 208 g/mol. The summed E-state index contributed by atoms with van der Waals surface area (Å²) in [5.74, 6) is -0.916. The van der Waals surface area contributed by atoms with Gasteiger partial charge >= 0.3 is 5.97 Å². The SMILES string of the molecule is CC(NC(CN)C(=O)O)c1ccccc1. The molecule has 0 radical (unpaired) electrons. The van der Waals surface area contributed by atoms with E-state index in [2.05, 4.69) is 5.32 Å². The largest absolute Gasteiger partial charge is 0.480 e. The van der Waals surface area contributed by atoms with Crippen LogP contribution in [0.4, 0.5) is 0 Å². The van der Waals surface area contributed by atoms with E-state index in [1.165, 1.54) is 0 Å². The van der Waals surface area contributed by atoms with E-state index in [1.807, 2.05) is 37.3 Å². The molecule has 1 aromatic rings. The topological polar surface area (TPSA) is 75.3 Å². The standard InChI is InChI=1S/C11H16N2O2/c1-8(9-5-3-2-4-6-9)13-10(7-12)11(14)15/h2-6,8,10,13H,7,12H2,1H3,(H,14,15). The summed E-state index contributed by atoms with van der Waals surface area (Å²) in [5, 5.41) is 11.8. The number of carbonyl (C=O) groups is 1. The summed E-state index contributed by atoms with van der Waals surface area (Å²) in [4.78, 5) is 10.8. The highest BCUT2D eigenvalue weighted by Gasteiger charge is 2.17. The van der Waals surface area contributed by atoms with Crippen LogP contribution in [-0.2, 0) is 4.79 Å². The second kappa shape index (κ2) is 5.48. The fourth-order valence-electron chi connectivity index (χ4n) is 1.38. The Morgan fingerprint density at radius 3 is 2.53 bits per heavy atom. The number of nitrogens with two attached hydrogens (primary N) is 1. The van der Waals surface area contributed by atoms with Crippen LogP contribution >= 0.6 is 0 Å². The van der Waals surface area contributed by atoms with Crippen LogP contribution in [0.3, 0.4) is 0 Å². The highest BCUT2D eigenvalue weighted by molar-refractivity contribution is 5.73. The smallest absolute Gasteiger partial charge is 0.322 e. The molecule has 2 atom stereocenters. The van der Waals surface area contributed by atoms with Crippen LogP contribution < -0.4 is 11.1 Å². The third-order valence-electron chi connectivity index (χ3n) is 2.28. The van der Waals surface area contributed by atoms with Gasteiger partial charge < -0.3 is 10.8 Å². The molecule has 0 aliphatic carbocycles. The summed E-state index contributed by atoms with van der Waals surface area (Å²) in [6.07, 6.45) is 0. The molecule has 0 aromatic heterocycles. The van der Waals surface area contributed by atoms with E-state index in [9.17, 15) is 4.79 Å². The van der Waals surface area contributed by atoms with Crippen molar-refractivity contribution in [3.8, 4) is 0 Å². The molecule has 82 valence electrons. The van der Waals surface area contributed by atoms with Gasteiger partial charge in [-0.2, -0.15) is 0 Å². The first-order chi connectivity index (χ1) is 7.15. The monoisotopic (exact) mass is 208 g/mol. The minimum absolute atomic E-state index is 0.0177. The van der Waals surface area contributed by atoms with Crippen LogP contribution in [0.15, 0.2) is 30.3 Å². The van der Waals surface area contributed by atoms with Crippen LogP contribution in [0, 0.1) is 0 Å². The van der Waals surface area contributed by atoms with Crippen molar-refractivity contribution in [1.29, 1.82) is 0 Å². The molecule has 1 aromatic carbocycles. The number of nitrogens with one attached hydrogen (secondary N) is 1. The van der Waals surface area contributed by atoms with Crippen molar-refractivity contribution in [1.82, 2.24) is 5.32 Å². The predicted octanol–water partition coefficient (Wildman–Crippen LogP) is 0.749. The maximum Gasteiger partial charge on any atom is 0.322 e. The Kier molecular flexibility index (Phi) is 4.27. The Bertz CT molecular complexity index is 314. The first-order valence-electron chi connectivity index (χ1n) is 4.89. The Labute approximate surface area is 89.1 Å². The van der Waals surface area contributed by atoms with Gasteiger partial charge in [-0.3, -0.25) is 10.1 Å². The van der Waals surface area contributed by atoms with Crippen LogP contribution in [0.2, 0.25) is 0 Å². The molecule has 4 N–H and O–H groups in total. The normalized spacial score (nSPS) is 14.5. The minimum atomic E-state index is -0.916. The van der Waals surface area contributed by atoms with E-state index in [0.29, 0.717) is 0 Å². The Balaban J connectivity index is 2.62. The van der Waals surface area contributed by atoms with Crippen molar-refractivity contribution >= 4 is 5.97 Å². The van der Waals surface area contributed by atoms with Crippen LogP contribution in [0.1, 0.15) is 18.5 Å². The summed E-state index contributed by atoms with van der Waals surface area (Å²) < 4.78 is 0. The summed E-state index contributed by atoms with van der Waals surface area (Å²) in [6.45, 7) is 2.01. The highest BCUT2D eigenvalue weighted by Crippen LogP contribution is 2.11. The fourth-order valence-corrected chi connectivity index (χ4v) is 1.38. The molecule has 15 heavy (non-hydrogen) atoms. The summed E-state index contributed by atoms with van der Waals surface area (Å²) in [7, 11) is 0. The molecule has 2 unspecified atom stereocenters. The van der Waals surface area contributed by atoms with E-state index < -0.39 is 12.0 Å². The van der Waals surface area contributed by atoms with Gasteiger partial charge in [-0.05, 0) is 12.5 Å². The summed E-state index contributed by atoms with van der Waals surface area (Å²) in [6, 6.07) is 8.96. The molecule has 1 rings (SSSR count). The van der Waals surface area contributed by atoms with Crippen molar-refractivity contribution in [2.45, 2.75) is 19.0 Å². The van der Waals surface area contributed by atoms with Crippen molar-refractivity contribution in [3.63, 3.8) is 0 Å². The van der Waals surface area contributed by atoms with E-state index in [-0.39, 0.29) is 12.6 Å². The van der Waals surface area contributed by atoms with Gasteiger partial charge in [0.25, 0.3) is 0 Å². The molecule has 4 heteroatoms. The third kappa shape index (κ3) is 3.34. The first-order valence-corrected chi connectivity index (χ1v) is 4.89. The van der Waals surface area contributed by atoms with Crippen molar-refractivity contribution < 1.29 is 9.90 Å². The molecule has 0 bridgehead atoms. The maximum absolute atomic E-state index is 10.8. The Morgan fingerprint density at radius 1 is 1.47 bits per heavy atom. The molecule has 0 heterocycles. The van der Waals surface area contributed by atoms with Crippen LogP contribution in [0.25, 0.3) is 0 Å². The maximum atomic E-state index is 10.8. The molecule has 0 spiro atoms. The molecule has 0 aliphatic heterocycles. The molecule has 0 saturated heterocycles. The quantitative estimate of drug-likeness (QED) is 0.667. The van der Waals surface area contributed by atoms with Gasteiger partial charge in [-0.15, -0.1) is 0 Å². The zero-order valence-electron chi connectivity index (χ0n) is 8.68. The molecule has 0 saturated carbocycles. The van der Waals surface area contributed by atoms with Crippen LogP contribution in [0.5, 0.6) is 0 Å². The second-order valence-electron chi connectivity index (χ2n) is 3.43. The molecular weight excluding hydrogens is 192 g/mol. The molecule has 0 aliphatic rings. The lowest BCUT2D eigenvalue weighted by atomic mass is 10.1. The van der Waals surface area contributed by atoms with Crippen molar-refractivity contribution in [2.75, 3.05) is 6.54 Å². The van der Waals surface area contributed by atoms with Crippen LogP contribution in [-0.4, -0.2) is 23.7 Å². The molecule has 0 amide bonds. The van der Waals surface area contributed by atoms with E-state index in [1.54, 1.807) is 0 Å². The van der Waals surface area contributed by atoms with E-state index in [0.717, 1.165) is 5.56 Å². The zero-order chi connectivity index (χ0) is 11.3. The van der Waals surface area contributed by atoms with E-state index >= 15 is 0 Å². The van der Waals surface area contributed by atoms with Gasteiger partial charge in [0, 0.05) is 12.6 Å². The average Bonchev–Trinajstić information content (AvgIpc) is 2.26. The Morgan fingerprint density at radius 2 is 2.07 bits per heavy atom. The van der Waals surface area contributed by atoms with Gasteiger partial charge in [-0.25, -0.2) is 0 Å².